The number of alkyl halides is 3. The van der Waals surface area contributed by atoms with Crippen LogP contribution >= 0.6 is 15.9 Å². The number of carbonyl (C=O) groups is 2. The van der Waals surface area contributed by atoms with Gasteiger partial charge in [-0.05, 0) is 32.0 Å². The Balaban J connectivity index is 2.38. The number of esters is 1. The fourth-order valence-electron chi connectivity index (χ4n) is 2.32. The Labute approximate surface area is 149 Å². The molecule has 136 valence electrons. The molecular formula is C16H15BrF3NO4. The minimum Gasteiger partial charge on any atom is -0.465 e. The summed E-state index contributed by atoms with van der Waals surface area (Å²) in [4.78, 5) is 24.5. The third-order valence-electron chi connectivity index (χ3n) is 3.38. The van der Waals surface area contributed by atoms with E-state index in [-0.39, 0.29) is 12.4 Å². The maximum absolute atomic E-state index is 12.8. The highest BCUT2D eigenvalue weighted by molar-refractivity contribution is 9.10. The first kappa shape index (κ1) is 19.3. The van der Waals surface area contributed by atoms with Crippen LogP contribution < -0.4 is 0 Å². The fraction of sp³-hybridized carbons (Fsp3) is 0.375. The monoisotopic (exact) mass is 421 g/mol. The van der Waals surface area contributed by atoms with E-state index in [1.165, 1.54) is 6.92 Å². The number of hydrogen-bond acceptors (Lipinski definition) is 4. The molecule has 1 amide bonds. The quantitative estimate of drug-likeness (QED) is 0.682. The Bertz CT molecular complexity index is 801. The minimum atomic E-state index is -4.66. The Morgan fingerprint density at radius 3 is 2.60 bits per heavy atom. The van der Waals surface area contributed by atoms with Crippen molar-refractivity contribution in [3.63, 3.8) is 0 Å². The van der Waals surface area contributed by atoms with Gasteiger partial charge < -0.3 is 14.1 Å². The second kappa shape index (κ2) is 7.47. The van der Waals surface area contributed by atoms with Gasteiger partial charge in [-0.1, -0.05) is 15.9 Å². The van der Waals surface area contributed by atoms with Crippen molar-refractivity contribution < 1.29 is 31.9 Å². The molecule has 2 aromatic rings. The highest BCUT2D eigenvalue weighted by Gasteiger charge is 2.36. The lowest BCUT2D eigenvalue weighted by atomic mass is 10.1. The van der Waals surface area contributed by atoms with E-state index >= 15 is 0 Å². The summed E-state index contributed by atoms with van der Waals surface area (Å²) >= 11 is 3.28. The normalized spacial score (nSPS) is 11.6. The molecule has 0 spiro atoms. The van der Waals surface area contributed by atoms with Crippen LogP contribution in [0.25, 0.3) is 11.0 Å². The molecule has 0 aliphatic heterocycles. The average Bonchev–Trinajstić information content (AvgIpc) is 2.81. The van der Waals surface area contributed by atoms with Gasteiger partial charge in [0.1, 0.15) is 18.7 Å². The predicted octanol–water partition coefficient (Wildman–Crippen LogP) is 4.07. The van der Waals surface area contributed by atoms with Crippen molar-refractivity contribution in [1.82, 2.24) is 4.90 Å². The molecule has 0 aliphatic rings. The number of rotatable bonds is 5. The first-order valence-electron chi connectivity index (χ1n) is 7.32. The molecule has 0 atom stereocenters. The van der Waals surface area contributed by atoms with E-state index in [9.17, 15) is 22.8 Å². The van der Waals surface area contributed by atoms with Gasteiger partial charge in [0.2, 0.25) is 0 Å². The summed E-state index contributed by atoms with van der Waals surface area (Å²) in [6, 6.07) is 4.98. The number of nitrogens with zero attached hydrogens (tertiary/aromatic N) is 1. The smallest absolute Gasteiger partial charge is 0.406 e. The van der Waals surface area contributed by atoms with Gasteiger partial charge in [-0.15, -0.1) is 0 Å². The van der Waals surface area contributed by atoms with Crippen LogP contribution in [0.4, 0.5) is 13.2 Å². The van der Waals surface area contributed by atoms with Gasteiger partial charge in [-0.3, -0.25) is 9.59 Å². The minimum absolute atomic E-state index is 0.00454. The first-order chi connectivity index (χ1) is 11.6. The standard InChI is InChI=1S/C16H15BrF3NO4/c1-3-24-13(22)7-21(8-16(18,19)20)15(23)14-9(2)11-6-10(17)4-5-12(11)25-14/h4-6H,3,7-8H2,1-2H3. The molecule has 1 heterocycles. The topological polar surface area (TPSA) is 59.8 Å². The Morgan fingerprint density at radius 2 is 2.00 bits per heavy atom. The summed E-state index contributed by atoms with van der Waals surface area (Å²) in [5.41, 5.74) is 0.768. The summed E-state index contributed by atoms with van der Waals surface area (Å²) < 4.78 is 49.2. The highest BCUT2D eigenvalue weighted by Crippen LogP contribution is 2.29. The summed E-state index contributed by atoms with van der Waals surface area (Å²) in [5, 5.41) is 0.598. The summed E-state index contributed by atoms with van der Waals surface area (Å²) in [7, 11) is 0. The number of aryl methyl sites for hydroxylation is 1. The molecule has 0 N–H and O–H groups in total. The molecule has 1 aromatic heterocycles. The van der Waals surface area contributed by atoms with Crippen molar-refractivity contribution in [2.45, 2.75) is 20.0 Å². The number of amides is 1. The van der Waals surface area contributed by atoms with E-state index in [2.05, 4.69) is 20.7 Å². The van der Waals surface area contributed by atoms with Crippen LogP contribution in [0.3, 0.4) is 0 Å². The predicted molar refractivity (Wildman–Crippen MR) is 87.2 cm³/mol. The van der Waals surface area contributed by atoms with Crippen molar-refractivity contribution in [2.24, 2.45) is 0 Å². The molecule has 5 nitrogen and oxygen atoms in total. The maximum Gasteiger partial charge on any atom is 0.406 e. The van der Waals surface area contributed by atoms with Crippen molar-refractivity contribution in [3.05, 3.63) is 34.0 Å². The molecule has 9 heteroatoms. The van der Waals surface area contributed by atoms with E-state index in [1.807, 2.05) is 0 Å². The number of carbonyl (C=O) groups excluding carboxylic acids is 2. The van der Waals surface area contributed by atoms with Gasteiger partial charge in [0, 0.05) is 15.4 Å². The largest absolute Gasteiger partial charge is 0.465 e. The van der Waals surface area contributed by atoms with Gasteiger partial charge >= 0.3 is 12.1 Å². The number of ether oxygens (including phenoxy) is 1. The molecule has 0 saturated heterocycles. The van der Waals surface area contributed by atoms with Crippen LogP contribution in [0.2, 0.25) is 0 Å². The van der Waals surface area contributed by atoms with Crippen LogP contribution in [0, 0.1) is 6.92 Å². The number of halogens is 4. The summed E-state index contributed by atoms with van der Waals surface area (Å²) in [5.74, 6) is -2.17. The van der Waals surface area contributed by atoms with Crippen molar-refractivity contribution in [2.75, 3.05) is 19.7 Å². The van der Waals surface area contributed by atoms with E-state index in [0.717, 1.165) is 4.47 Å². The molecular weight excluding hydrogens is 407 g/mol. The van der Waals surface area contributed by atoms with Gasteiger partial charge in [-0.2, -0.15) is 13.2 Å². The van der Waals surface area contributed by atoms with Crippen LogP contribution in [-0.4, -0.2) is 42.6 Å². The van der Waals surface area contributed by atoms with E-state index < -0.39 is 31.1 Å². The second-order valence-corrected chi connectivity index (χ2v) is 6.19. The molecule has 0 saturated carbocycles. The van der Waals surface area contributed by atoms with Crippen molar-refractivity contribution >= 4 is 38.8 Å². The Morgan fingerprint density at radius 1 is 1.32 bits per heavy atom. The lowest BCUT2D eigenvalue weighted by molar-refractivity contribution is -0.153. The van der Waals surface area contributed by atoms with Gasteiger partial charge in [0.15, 0.2) is 5.76 Å². The number of hydrogen-bond donors (Lipinski definition) is 0. The summed E-state index contributed by atoms with van der Waals surface area (Å²) in [6.07, 6.45) is -4.66. The second-order valence-electron chi connectivity index (χ2n) is 5.28. The molecule has 1 aromatic carbocycles. The zero-order valence-corrected chi connectivity index (χ0v) is 15.0. The van der Waals surface area contributed by atoms with Gasteiger partial charge in [0.05, 0.1) is 6.61 Å². The lowest BCUT2D eigenvalue weighted by Gasteiger charge is -2.22. The number of furan rings is 1. The van der Waals surface area contributed by atoms with Crippen LogP contribution in [-0.2, 0) is 9.53 Å². The highest BCUT2D eigenvalue weighted by atomic mass is 79.9. The summed E-state index contributed by atoms with van der Waals surface area (Å²) in [6.45, 7) is 0.707. The van der Waals surface area contributed by atoms with Crippen LogP contribution in [0.1, 0.15) is 23.0 Å². The number of fused-ring (bicyclic) bond motifs is 1. The molecule has 0 bridgehead atoms. The van der Waals surface area contributed by atoms with Crippen LogP contribution in [0.5, 0.6) is 0 Å². The van der Waals surface area contributed by atoms with Crippen molar-refractivity contribution in [3.8, 4) is 0 Å². The van der Waals surface area contributed by atoms with E-state index in [0.29, 0.717) is 21.4 Å². The SMILES string of the molecule is CCOC(=O)CN(CC(F)(F)F)C(=O)c1oc2ccc(Br)cc2c1C. The van der Waals surface area contributed by atoms with Crippen molar-refractivity contribution in [1.29, 1.82) is 0 Å². The molecule has 0 unspecified atom stereocenters. The Hall–Kier alpha value is -2.03. The third kappa shape index (κ3) is 4.75. The average molecular weight is 422 g/mol. The Kier molecular flexibility index (Phi) is 5.76. The zero-order valence-electron chi connectivity index (χ0n) is 13.4. The van der Waals surface area contributed by atoms with Gasteiger partial charge in [-0.25, -0.2) is 0 Å². The van der Waals surface area contributed by atoms with Gasteiger partial charge in [0.25, 0.3) is 5.91 Å². The first-order valence-corrected chi connectivity index (χ1v) is 8.12. The molecule has 0 fully saturated rings. The number of benzene rings is 1. The third-order valence-corrected chi connectivity index (χ3v) is 3.87. The molecule has 25 heavy (non-hydrogen) atoms. The molecule has 0 aliphatic carbocycles. The van der Waals surface area contributed by atoms with Crippen LogP contribution in [0.15, 0.2) is 27.1 Å². The maximum atomic E-state index is 12.8. The molecule has 2 rings (SSSR count). The van der Waals surface area contributed by atoms with E-state index in [4.69, 9.17) is 4.42 Å². The van der Waals surface area contributed by atoms with E-state index in [1.54, 1.807) is 25.1 Å². The lowest BCUT2D eigenvalue weighted by Crippen LogP contribution is -2.42. The molecule has 0 radical (unpaired) electrons. The fourth-order valence-corrected chi connectivity index (χ4v) is 2.68. The zero-order chi connectivity index (χ0) is 18.8.